The Morgan fingerprint density at radius 3 is 2.16 bits per heavy atom. The van der Waals surface area contributed by atoms with Crippen molar-refractivity contribution >= 4 is 52.8 Å². The highest BCUT2D eigenvalue weighted by atomic mass is 32.2. The molecule has 0 saturated carbocycles. The Bertz CT molecular complexity index is 1360. The van der Waals surface area contributed by atoms with Gasteiger partial charge < -0.3 is 14.4 Å². The number of ether oxygens (including phenoxy) is 2. The van der Waals surface area contributed by atoms with Crippen LogP contribution < -0.4 is 5.32 Å². The lowest BCUT2D eigenvalue weighted by Crippen LogP contribution is -2.54. The van der Waals surface area contributed by atoms with E-state index in [1.54, 1.807) is 88.9 Å². The summed E-state index contributed by atoms with van der Waals surface area (Å²) in [5, 5.41) is 5.21. The van der Waals surface area contributed by atoms with E-state index in [9.17, 15) is 24.0 Å². The lowest BCUT2D eigenvalue weighted by atomic mass is 10.1. The summed E-state index contributed by atoms with van der Waals surface area (Å²) in [4.78, 5) is 69.5. The van der Waals surface area contributed by atoms with Crippen molar-refractivity contribution in [1.82, 2.24) is 15.1 Å². The first-order valence-corrected chi connectivity index (χ1v) is 17.2. The summed E-state index contributed by atoms with van der Waals surface area (Å²) < 4.78 is 11.2. The third-order valence-electron chi connectivity index (χ3n) is 7.16. The van der Waals surface area contributed by atoms with Crippen molar-refractivity contribution in [2.75, 3.05) is 25.4 Å². The van der Waals surface area contributed by atoms with E-state index in [4.69, 9.17) is 9.47 Å². The van der Waals surface area contributed by atoms with Gasteiger partial charge in [-0.15, -0.1) is 23.1 Å². The number of rotatable bonds is 11. The first-order chi connectivity index (χ1) is 21.1. The molecule has 1 aromatic carbocycles. The van der Waals surface area contributed by atoms with Crippen molar-refractivity contribution in [1.29, 1.82) is 0 Å². The molecular weight excluding hydrogens is 615 g/mol. The van der Waals surface area contributed by atoms with Crippen LogP contribution in [0.25, 0.3) is 0 Å². The van der Waals surface area contributed by atoms with Crippen LogP contribution in [0.2, 0.25) is 0 Å². The van der Waals surface area contributed by atoms with Gasteiger partial charge in [0.1, 0.15) is 23.8 Å². The molecule has 0 spiro atoms. The van der Waals surface area contributed by atoms with E-state index in [2.05, 4.69) is 5.32 Å². The molecule has 2 aliphatic rings. The fourth-order valence-electron chi connectivity index (χ4n) is 5.23. The van der Waals surface area contributed by atoms with Crippen molar-refractivity contribution in [2.45, 2.75) is 89.3 Å². The summed E-state index contributed by atoms with van der Waals surface area (Å²) in [7, 11) is 0. The number of thioether (sulfide) groups is 1. The molecule has 4 rings (SSSR count). The molecule has 3 atom stereocenters. The molecule has 2 aliphatic heterocycles. The Morgan fingerprint density at radius 1 is 0.933 bits per heavy atom. The molecule has 0 unspecified atom stereocenters. The Balaban J connectivity index is 1.46. The molecule has 1 saturated heterocycles. The highest BCUT2D eigenvalue weighted by Crippen LogP contribution is 2.36. The molecular formula is C33H43N3O7S2. The Morgan fingerprint density at radius 2 is 1.58 bits per heavy atom. The van der Waals surface area contributed by atoms with Gasteiger partial charge in [-0.3, -0.25) is 34.2 Å². The van der Waals surface area contributed by atoms with Gasteiger partial charge in [0, 0.05) is 23.7 Å². The summed E-state index contributed by atoms with van der Waals surface area (Å²) in [6.07, 6.45) is 1.30. The average Bonchev–Trinajstić information content (AvgIpc) is 3.52. The zero-order chi connectivity index (χ0) is 32.9. The number of imide groups is 1. The minimum atomic E-state index is -0.817. The van der Waals surface area contributed by atoms with Gasteiger partial charge in [-0.1, -0.05) is 18.2 Å². The smallest absolute Gasteiger partial charge is 0.326 e. The number of benzene rings is 1. The van der Waals surface area contributed by atoms with Crippen LogP contribution in [0.4, 0.5) is 0 Å². The van der Waals surface area contributed by atoms with E-state index >= 15 is 0 Å². The van der Waals surface area contributed by atoms with Gasteiger partial charge in [0.2, 0.25) is 5.91 Å². The molecule has 3 amide bonds. The van der Waals surface area contributed by atoms with Gasteiger partial charge in [0.25, 0.3) is 11.8 Å². The number of esters is 2. The monoisotopic (exact) mass is 657 g/mol. The number of thiophene rings is 1. The molecule has 3 heterocycles. The standard InChI is InChI=1S/C33H43N3O7S2/c1-32(2,3)42-27(37)19-35-18-26(25-15-11-17-44-25)45-20-24(30(35)40)34-23(31(41)43-33(4,5)6)14-9-10-16-36-28(38)21-12-7-8-13-22(21)29(36)39/h7-8,11-13,15,17,23-24,26,34H,9-10,14,16,18-20H2,1-6H3/t23-,24-,26-/m0/s1. The van der Waals surface area contributed by atoms with Crippen molar-refractivity contribution in [2.24, 2.45) is 0 Å². The lowest BCUT2D eigenvalue weighted by Gasteiger charge is -2.30. The number of carbonyl (C=O) groups excluding carboxylic acids is 5. The third kappa shape index (κ3) is 9.40. The number of amides is 3. The number of fused-ring (bicyclic) bond motifs is 1. The quantitative estimate of drug-likeness (QED) is 0.206. The van der Waals surface area contributed by atoms with E-state index in [1.165, 1.54) is 9.80 Å². The van der Waals surface area contributed by atoms with Crippen molar-refractivity contribution in [3.05, 3.63) is 57.8 Å². The van der Waals surface area contributed by atoms with Crippen LogP contribution in [0.1, 0.15) is 91.6 Å². The number of nitrogens with one attached hydrogen (secondary N) is 1. The van der Waals surface area contributed by atoms with Crippen LogP contribution in [0.5, 0.6) is 0 Å². The largest absolute Gasteiger partial charge is 0.459 e. The Kier molecular flexibility index (Phi) is 11.1. The van der Waals surface area contributed by atoms with Gasteiger partial charge in [-0.05, 0) is 84.4 Å². The zero-order valence-electron chi connectivity index (χ0n) is 26.8. The molecule has 45 heavy (non-hydrogen) atoms. The van der Waals surface area contributed by atoms with E-state index in [1.807, 2.05) is 17.5 Å². The maximum atomic E-state index is 13.9. The van der Waals surface area contributed by atoms with Crippen LogP contribution in [0.15, 0.2) is 41.8 Å². The van der Waals surface area contributed by atoms with Crippen LogP contribution in [0.3, 0.4) is 0 Å². The van der Waals surface area contributed by atoms with Crippen LogP contribution in [-0.2, 0) is 23.9 Å². The van der Waals surface area contributed by atoms with E-state index < -0.39 is 35.2 Å². The molecule has 1 fully saturated rings. The second-order valence-corrected chi connectivity index (χ2v) is 15.5. The molecule has 244 valence electrons. The lowest BCUT2D eigenvalue weighted by molar-refractivity contribution is -0.160. The van der Waals surface area contributed by atoms with Crippen molar-refractivity contribution in [3.63, 3.8) is 0 Å². The second kappa shape index (κ2) is 14.5. The molecule has 0 aliphatic carbocycles. The summed E-state index contributed by atoms with van der Waals surface area (Å²) in [6.45, 7) is 11.0. The van der Waals surface area contributed by atoms with Gasteiger partial charge >= 0.3 is 11.9 Å². The predicted octanol–water partition coefficient (Wildman–Crippen LogP) is 4.84. The minimum absolute atomic E-state index is 0.0391. The molecule has 10 nitrogen and oxygen atoms in total. The number of unbranched alkanes of at least 4 members (excludes halogenated alkanes) is 1. The maximum absolute atomic E-state index is 13.9. The fraction of sp³-hybridized carbons (Fsp3) is 0.545. The second-order valence-electron chi connectivity index (χ2n) is 13.3. The fourth-order valence-corrected chi connectivity index (χ4v) is 7.49. The number of nitrogens with zero attached hydrogens (tertiary/aromatic N) is 2. The summed E-state index contributed by atoms with van der Waals surface area (Å²) in [6, 6.07) is 9.17. The molecule has 1 aromatic heterocycles. The topological polar surface area (TPSA) is 122 Å². The highest BCUT2D eigenvalue weighted by Gasteiger charge is 2.38. The summed E-state index contributed by atoms with van der Waals surface area (Å²) >= 11 is 3.20. The minimum Gasteiger partial charge on any atom is -0.459 e. The van der Waals surface area contributed by atoms with Crippen LogP contribution >= 0.6 is 23.1 Å². The molecule has 0 radical (unpaired) electrons. The Labute approximate surface area is 273 Å². The van der Waals surface area contributed by atoms with E-state index in [0.717, 1.165) is 4.88 Å². The summed E-state index contributed by atoms with van der Waals surface area (Å²) in [5.74, 6) is -1.51. The molecule has 0 bridgehead atoms. The molecule has 2 aromatic rings. The van der Waals surface area contributed by atoms with Gasteiger partial charge in [0.15, 0.2) is 0 Å². The zero-order valence-corrected chi connectivity index (χ0v) is 28.4. The van der Waals surface area contributed by atoms with Crippen LogP contribution in [-0.4, -0.2) is 88.1 Å². The first-order valence-electron chi connectivity index (χ1n) is 15.2. The Hall–Kier alpha value is -3.22. The predicted molar refractivity (Wildman–Crippen MR) is 174 cm³/mol. The first kappa shape index (κ1) is 34.6. The highest BCUT2D eigenvalue weighted by molar-refractivity contribution is 7.99. The van der Waals surface area contributed by atoms with Crippen molar-refractivity contribution in [3.8, 4) is 0 Å². The maximum Gasteiger partial charge on any atom is 0.326 e. The van der Waals surface area contributed by atoms with Gasteiger partial charge in [-0.2, -0.15) is 0 Å². The molecule has 1 N–H and O–H groups in total. The average molecular weight is 658 g/mol. The number of hydrogen-bond acceptors (Lipinski definition) is 10. The SMILES string of the molecule is CC(C)(C)OC(=O)CN1C[C@@H](c2cccs2)SC[C@H](N[C@@H](CCCCN2C(=O)c3ccccc3C2=O)C(=O)OC(C)(C)C)C1=O. The van der Waals surface area contributed by atoms with E-state index in [-0.39, 0.29) is 36.1 Å². The number of hydrogen-bond donors (Lipinski definition) is 1. The summed E-state index contributed by atoms with van der Waals surface area (Å²) in [5.41, 5.74) is -0.638. The third-order valence-corrected chi connectivity index (χ3v) is 9.62. The van der Waals surface area contributed by atoms with E-state index in [0.29, 0.717) is 42.7 Å². The van der Waals surface area contributed by atoms with Gasteiger partial charge in [-0.25, -0.2) is 0 Å². The normalized spacial score (nSPS) is 19.7. The molecule has 12 heteroatoms. The number of carbonyl (C=O) groups is 5. The van der Waals surface area contributed by atoms with Crippen molar-refractivity contribution < 1.29 is 33.4 Å². The van der Waals surface area contributed by atoms with Crippen LogP contribution in [0, 0.1) is 0 Å². The van der Waals surface area contributed by atoms with Gasteiger partial charge in [0.05, 0.1) is 22.4 Å².